The van der Waals surface area contributed by atoms with Gasteiger partial charge in [-0.2, -0.15) is 5.10 Å². The van der Waals surface area contributed by atoms with Gasteiger partial charge in [-0.25, -0.2) is 9.67 Å². The van der Waals surface area contributed by atoms with Gasteiger partial charge in [0.05, 0.1) is 12.3 Å². The first-order valence-electron chi connectivity index (χ1n) is 6.04. The van der Waals surface area contributed by atoms with Crippen molar-refractivity contribution in [3.8, 4) is 5.69 Å². The summed E-state index contributed by atoms with van der Waals surface area (Å²) in [6, 6.07) is 5.77. The molecule has 18 heavy (non-hydrogen) atoms. The zero-order valence-corrected chi connectivity index (χ0v) is 12.1. The average Bonchev–Trinajstić information content (AvgIpc) is 2.81. The maximum Gasteiger partial charge on any atom is 0.151 e. The molecule has 1 heterocycles. The maximum atomic E-state index is 9.42. The Morgan fingerprint density at radius 3 is 2.67 bits per heavy atom. The lowest BCUT2D eigenvalue weighted by Crippen LogP contribution is -2.06. The van der Waals surface area contributed by atoms with Crippen molar-refractivity contribution in [2.45, 2.75) is 33.3 Å². The molecule has 0 unspecified atom stereocenters. The van der Waals surface area contributed by atoms with E-state index in [-0.39, 0.29) is 6.61 Å². The van der Waals surface area contributed by atoms with Crippen molar-refractivity contribution in [3.63, 3.8) is 0 Å². The zero-order valence-electron chi connectivity index (χ0n) is 10.5. The predicted octanol–water partition coefficient (Wildman–Crippen LogP) is 2.65. The summed E-state index contributed by atoms with van der Waals surface area (Å²) in [5.74, 6) is 1.75. The first-order valence-corrected chi connectivity index (χ1v) is 6.83. The molecule has 0 bridgehead atoms. The quantitative estimate of drug-likeness (QED) is 0.944. The van der Waals surface area contributed by atoms with Crippen LogP contribution < -0.4 is 0 Å². The lowest BCUT2D eigenvalue weighted by Gasteiger charge is -2.09. The lowest BCUT2D eigenvalue weighted by molar-refractivity contribution is 0.281. The first-order chi connectivity index (χ1) is 8.69. The van der Waals surface area contributed by atoms with E-state index in [9.17, 15) is 5.11 Å². The largest absolute Gasteiger partial charge is 0.392 e. The number of aryl methyl sites for hydroxylation is 2. The molecule has 0 saturated heterocycles. The van der Waals surface area contributed by atoms with Crippen molar-refractivity contribution in [3.05, 3.63) is 39.9 Å². The van der Waals surface area contributed by atoms with Crippen LogP contribution in [0, 0.1) is 0 Å². The number of aliphatic hydroxyl groups is 1. The second-order valence-corrected chi connectivity index (χ2v) is 4.91. The van der Waals surface area contributed by atoms with Crippen LogP contribution in [0.5, 0.6) is 0 Å². The Bertz CT molecular complexity index is 551. The van der Waals surface area contributed by atoms with E-state index >= 15 is 0 Å². The summed E-state index contributed by atoms with van der Waals surface area (Å²) < 4.78 is 2.79. The van der Waals surface area contributed by atoms with E-state index in [4.69, 9.17) is 0 Å². The predicted molar refractivity (Wildman–Crippen MR) is 73.7 cm³/mol. The number of hydrogen-bond acceptors (Lipinski definition) is 3. The number of nitrogens with zero attached hydrogens (tertiary/aromatic N) is 3. The number of hydrogen-bond donors (Lipinski definition) is 1. The van der Waals surface area contributed by atoms with Crippen LogP contribution in [0.15, 0.2) is 22.7 Å². The van der Waals surface area contributed by atoms with E-state index in [1.54, 1.807) is 0 Å². The Hall–Kier alpha value is -1.20. The molecule has 0 aliphatic carbocycles. The molecular formula is C13H16BrN3O. The van der Waals surface area contributed by atoms with Crippen LogP contribution in [0.4, 0.5) is 0 Å². The van der Waals surface area contributed by atoms with E-state index in [1.165, 1.54) is 0 Å². The summed E-state index contributed by atoms with van der Waals surface area (Å²) in [5, 5.41) is 13.9. The van der Waals surface area contributed by atoms with Gasteiger partial charge >= 0.3 is 0 Å². The van der Waals surface area contributed by atoms with Crippen LogP contribution in [0.3, 0.4) is 0 Å². The third-order valence-electron chi connectivity index (χ3n) is 2.80. The molecule has 0 fully saturated rings. The van der Waals surface area contributed by atoms with Gasteiger partial charge in [0.1, 0.15) is 5.82 Å². The van der Waals surface area contributed by atoms with Gasteiger partial charge in [0.25, 0.3) is 0 Å². The Morgan fingerprint density at radius 2 is 2.06 bits per heavy atom. The Kier molecular flexibility index (Phi) is 4.14. The highest BCUT2D eigenvalue weighted by atomic mass is 79.9. The molecule has 0 amide bonds. The smallest absolute Gasteiger partial charge is 0.151 e. The summed E-state index contributed by atoms with van der Waals surface area (Å²) in [4.78, 5) is 4.48. The minimum absolute atomic E-state index is 0.00686. The van der Waals surface area contributed by atoms with Gasteiger partial charge < -0.3 is 5.11 Å². The molecule has 1 N–H and O–H groups in total. The van der Waals surface area contributed by atoms with Crippen molar-refractivity contribution in [2.75, 3.05) is 0 Å². The highest BCUT2D eigenvalue weighted by Gasteiger charge is 2.12. The fraction of sp³-hybridized carbons (Fsp3) is 0.385. The SMILES string of the molecule is CCc1nc(CC)n(-c2cc(Br)ccc2CO)n1. The fourth-order valence-corrected chi connectivity index (χ4v) is 2.18. The van der Waals surface area contributed by atoms with Crippen LogP contribution in [0.1, 0.15) is 31.1 Å². The third-order valence-corrected chi connectivity index (χ3v) is 3.29. The molecule has 4 nitrogen and oxygen atoms in total. The molecule has 5 heteroatoms. The number of aromatic nitrogens is 3. The van der Waals surface area contributed by atoms with E-state index < -0.39 is 0 Å². The van der Waals surface area contributed by atoms with Gasteiger partial charge in [-0.05, 0) is 12.1 Å². The van der Waals surface area contributed by atoms with Gasteiger partial charge in [-0.3, -0.25) is 0 Å². The van der Waals surface area contributed by atoms with Gasteiger partial charge in [0.2, 0.25) is 0 Å². The van der Waals surface area contributed by atoms with Crippen LogP contribution in [-0.2, 0) is 19.4 Å². The van der Waals surface area contributed by atoms with Gasteiger partial charge in [0, 0.05) is 22.9 Å². The lowest BCUT2D eigenvalue weighted by atomic mass is 10.2. The van der Waals surface area contributed by atoms with E-state index in [1.807, 2.05) is 29.8 Å². The summed E-state index contributed by atoms with van der Waals surface area (Å²) in [6.07, 6.45) is 1.62. The summed E-state index contributed by atoms with van der Waals surface area (Å²) in [7, 11) is 0. The molecule has 0 radical (unpaired) electrons. The zero-order chi connectivity index (χ0) is 13.1. The van der Waals surface area contributed by atoms with E-state index in [2.05, 4.69) is 32.9 Å². The summed E-state index contributed by atoms with van der Waals surface area (Å²) in [6.45, 7) is 4.08. The minimum Gasteiger partial charge on any atom is -0.392 e. The van der Waals surface area contributed by atoms with Crippen molar-refractivity contribution in [2.24, 2.45) is 0 Å². The van der Waals surface area contributed by atoms with Crippen LogP contribution in [0.25, 0.3) is 5.69 Å². The number of rotatable bonds is 4. The number of benzene rings is 1. The third kappa shape index (κ3) is 2.47. The van der Waals surface area contributed by atoms with Crippen molar-refractivity contribution in [1.82, 2.24) is 14.8 Å². The second-order valence-electron chi connectivity index (χ2n) is 3.99. The Morgan fingerprint density at radius 1 is 1.28 bits per heavy atom. The normalized spacial score (nSPS) is 10.9. The van der Waals surface area contributed by atoms with E-state index in [0.29, 0.717) is 0 Å². The minimum atomic E-state index is -0.00686. The molecule has 1 aromatic heterocycles. The number of aliphatic hydroxyl groups excluding tert-OH is 1. The molecule has 0 spiro atoms. The molecular weight excluding hydrogens is 294 g/mol. The van der Waals surface area contributed by atoms with E-state index in [0.717, 1.165) is 40.2 Å². The second kappa shape index (κ2) is 5.63. The average molecular weight is 310 g/mol. The maximum absolute atomic E-state index is 9.42. The molecule has 0 aliphatic heterocycles. The van der Waals surface area contributed by atoms with Crippen LogP contribution in [-0.4, -0.2) is 19.9 Å². The molecule has 1 aromatic carbocycles. The van der Waals surface area contributed by atoms with Gasteiger partial charge in [0.15, 0.2) is 5.82 Å². The van der Waals surface area contributed by atoms with Crippen LogP contribution in [0.2, 0.25) is 0 Å². The molecule has 0 aliphatic rings. The molecule has 96 valence electrons. The topological polar surface area (TPSA) is 50.9 Å². The number of halogens is 1. The van der Waals surface area contributed by atoms with Gasteiger partial charge in [-0.1, -0.05) is 35.8 Å². The van der Waals surface area contributed by atoms with Gasteiger partial charge in [-0.15, -0.1) is 0 Å². The Balaban J connectivity index is 2.59. The summed E-state index contributed by atoms with van der Waals surface area (Å²) >= 11 is 3.45. The first kappa shape index (κ1) is 13.2. The highest BCUT2D eigenvalue weighted by molar-refractivity contribution is 9.10. The molecule has 0 atom stereocenters. The summed E-state index contributed by atoms with van der Waals surface area (Å²) in [5.41, 5.74) is 1.73. The molecule has 2 rings (SSSR count). The standard InChI is InChI=1S/C13H16BrN3O/c1-3-12-15-13(4-2)17(16-12)11-7-10(14)6-5-9(11)8-18/h5-7,18H,3-4,8H2,1-2H3. The molecule has 2 aromatic rings. The van der Waals surface area contributed by atoms with Crippen molar-refractivity contribution < 1.29 is 5.11 Å². The monoisotopic (exact) mass is 309 g/mol. The highest BCUT2D eigenvalue weighted by Crippen LogP contribution is 2.21. The Labute approximate surface area is 115 Å². The van der Waals surface area contributed by atoms with Crippen LogP contribution >= 0.6 is 15.9 Å². The fourth-order valence-electron chi connectivity index (χ4n) is 1.83. The van der Waals surface area contributed by atoms with Crippen molar-refractivity contribution in [1.29, 1.82) is 0 Å². The van der Waals surface area contributed by atoms with Crippen molar-refractivity contribution >= 4 is 15.9 Å². The molecule has 0 saturated carbocycles.